The van der Waals surface area contributed by atoms with E-state index < -0.39 is 10.3 Å². The van der Waals surface area contributed by atoms with Crippen LogP contribution in [0.1, 0.15) is 0 Å². The predicted molar refractivity (Wildman–Crippen MR) is 51.6 cm³/mol. The smallest absolute Gasteiger partial charge is 0.269 e. The van der Waals surface area contributed by atoms with Crippen LogP contribution in [0.5, 0.6) is 0 Å². The van der Waals surface area contributed by atoms with E-state index >= 15 is 0 Å². The first-order valence-corrected chi connectivity index (χ1v) is 5.28. The lowest BCUT2D eigenvalue weighted by Gasteiger charge is -2.02. The average molecular weight is 242 g/mol. The van der Waals surface area contributed by atoms with Crippen molar-refractivity contribution in [3.8, 4) is 0 Å². The molecule has 0 spiro atoms. The van der Waals surface area contributed by atoms with E-state index in [0.717, 1.165) is 0 Å². The molecule has 1 aromatic carbocycles. The van der Waals surface area contributed by atoms with Crippen molar-refractivity contribution in [2.75, 3.05) is 4.72 Å². The molecule has 72 valence electrons. The molecule has 0 unspecified atom stereocenters. The third-order valence-electron chi connectivity index (χ3n) is 1.17. The minimum atomic E-state index is -4.26. The van der Waals surface area contributed by atoms with Crippen molar-refractivity contribution in [1.82, 2.24) is 0 Å². The molecular formula is C6H5Cl2NO3S. The predicted octanol–water partition coefficient (Wildman–Crippen LogP) is 2.21. The standard InChI is InChI=1S/C6H5Cl2NO3S/c7-5-2-1-4(3-6(5)8)9-13(10,11)12/h1-3,9H,(H,10,11,12). The summed E-state index contributed by atoms with van der Waals surface area (Å²) in [4.78, 5) is 0. The third kappa shape index (κ3) is 3.40. The van der Waals surface area contributed by atoms with Gasteiger partial charge in [-0.15, -0.1) is 0 Å². The summed E-state index contributed by atoms with van der Waals surface area (Å²) in [5.41, 5.74) is 0.150. The van der Waals surface area contributed by atoms with Gasteiger partial charge in [0.1, 0.15) is 0 Å². The van der Waals surface area contributed by atoms with Gasteiger partial charge >= 0.3 is 10.3 Å². The highest BCUT2D eigenvalue weighted by Gasteiger charge is 2.05. The first-order valence-electron chi connectivity index (χ1n) is 3.09. The molecule has 7 heteroatoms. The topological polar surface area (TPSA) is 66.4 Å². The van der Waals surface area contributed by atoms with Crippen LogP contribution in [0.4, 0.5) is 5.69 Å². The molecule has 0 aliphatic heterocycles. The summed E-state index contributed by atoms with van der Waals surface area (Å²) in [6, 6.07) is 4.08. The Kier molecular flexibility index (Phi) is 3.02. The maximum absolute atomic E-state index is 10.4. The fraction of sp³-hybridized carbons (Fsp3) is 0. The summed E-state index contributed by atoms with van der Waals surface area (Å²) < 4.78 is 31.0. The first-order chi connectivity index (χ1) is 5.88. The zero-order chi connectivity index (χ0) is 10.1. The number of hydrogen-bond acceptors (Lipinski definition) is 2. The maximum atomic E-state index is 10.4. The molecule has 0 aliphatic rings. The molecule has 1 rings (SSSR count). The lowest BCUT2D eigenvalue weighted by atomic mass is 10.3. The molecular weight excluding hydrogens is 237 g/mol. The Morgan fingerprint density at radius 1 is 1.23 bits per heavy atom. The van der Waals surface area contributed by atoms with Gasteiger partial charge in [-0.1, -0.05) is 23.2 Å². The van der Waals surface area contributed by atoms with Gasteiger partial charge in [0.15, 0.2) is 0 Å². The monoisotopic (exact) mass is 241 g/mol. The zero-order valence-electron chi connectivity index (χ0n) is 6.16. The highest BCUT2D eigenvalue weighted by Crippen LogP contribution is 2.25. The molecule has 1 aromatic rings. The van der Waals surface area contributed by atoms with Crippen LogP contribution < -0.4 is 4.72 Å². The normalized spacial score (nSPS) is 11.3. The fourth-order valence-electron chi connectivity index (χ4n) is 0.709. The molecule has 0 fully saturated rings. The first kappa shape index (κ1) is 10.6. The van der Waals surface area contributed by atoms with Crippen molar-refractivity contribution in [2.45, 2.75) is 0 Å². The van der Waals surface area contributed by atoms with Gasteiger partial charge in [-0.05, 0) is 18.2 Å². The van der Waals surface area contributed by atoms with Gasteiger partial charge in [0, 0.05) is 0 Å². The quantitative estimate of drug-likeness (QED) is 0.781. The van der Waals surface area contributed by atoms with Gasteiger partial charge in [0.2, 0.25) is 0 Å². The van der Waals surface area contributed by atoms with Crippen molar-refractivity contribution in [3.05, 3.63) is 28.2 Å². The summed E-state index contributed by atoms with van der Waals surface area (Å²) in [6.07, 6.45) is 0. The largest absolute Gasteiger partial charge is 0.357 e. The highest BCUT2D eigenvalue weighted by molar-refractivity contribution is 7.87. The highest BCUT2D eigenvalue weighted by atomic mass is 35.5. The van der Waals surface area contributed by atoms with Gasteiger partial charge in [0.05, 0.1) is 15.7 Å². The van der Waals surface area contributed by atoms with Crippen molar-refractivity contribution < 1.29 is 13.0 Å². The number of rotatable bonds is 2. The van der Waals surface area contributed by atoms with Crippen LogP contribution in [0.2, 0.25) is 10.0 Å². The second-order valence-electron chi connectivity index (χ2n) is 2.21. The van der Waals surface area contributed by atoms with Gasteiger partial charge in [0.25, 0.3) is 0 Å². The Labute approximate surface area is 85.4 Å². The van der Waals surface area contributed by atoms with Crippen molar-refractivity contribution in [1.29, 1.82) is 0 Å². The molecule has 0 amide bonds. The van der Waals surface area contributed by atoms with Gasteiger partial charge in [-0.3, -0.25) is 9.27 Å². The number of benzene rings is 1. The number of anilines is 1. The molecule has 0 saturated heterocycles. The molecule has 0 heterocycles. The lowest BCUT2D eigenvalue weighted by Crippen LogP contribution is -2.10. The summed E-state index contributed by atoms with van der Waals surface area (Å²) in [5.74, 6) is 0. The summed E-state index contributed by atoms with van der Waals surface area (Å²) in [5, 5.41) is 0.512. The minimum absolute atomic E-state index is 0.150. The van der Waals surface area contributed by atoms with E-state index in [1.807, 2.05) is 4.72 Å². The van der Waals surface area contributed by atoms with Crippen LogP contribution in [-0.2, 0) is 10.3 Å². The molecule has 13 heavy (non-hydrogen) atoms. The van der Waals surface area contributed by atoms with Crippen LogP contribution in [0.15, 0.2) is 18.2 Å². The van der Waals surface area contributed by atoms with Crippen molar-refractivity contribution in [3.63, 3.8) is 0 Å². The van der Waals surface area contributed by atoms with E-state index in [-0.39, 0.29) is 10.7 Å². The Bertz CT molecular complexity index is 418. The van der Waals surface area contributed by atoms with Gasteiger partial charge < -0.3 is 0 Å². The molecule has 4 nitrogen and oxygen atoms in total. The van der Waals surface area contributed by atoms with Gasteiger partial charge in [-0.25, -0.2) is 0 Å². The molecule has 0 aromatic heterocycles. The van der Waals surface area contributed by atoms with Crippen LogP contribution in [0.25, 0.3) is 0 Å². The molecule has 0 saturated carbocycles. The van der Waals surface area contributed by atoms with E-state index in [1.54, 1.807) is 0 Å². The van der Waals surface area contributed by atoms with Crippen molar-refractivity contribution in [2.24, 2.45) is 0 Å². The number of halogens is 2. The van der Waals surface area contributed by atoms with Crippen LogP contribution >= 0.6 is 23.2 Å². The Balaban J connectivity index is 2.99. The average Bonchev–Trinajstić information content (AvgIpc) is 1.94. The minimum Gasteiger partial charge on any atom is -0.269 e. The van der Waals surface area contributed by atoms with E-state index in [1.165, 1.54) is 18.2 Å². The second-order valence-corrected chi connectivity index (χ2v) is 4.17. The Morgan fingerprint density at radius 2 is 1.85 bits per heavy atom. The Hall–Kier alpha value is -0.490. The molecule has 0 aliphatic carbocycles. The summed E-state index contributed by atoms with van der Waals surface area (Å²) >= 11 is 11.2. The lowest BCUT2D eigenvalue weighted by molar-refractivity contribution is 0.490. The van der Waals surface area contributed by atoms with Crippen LogP contribution in [-0.4, -0.2) is 13.0 Å². The van der Waals surface area contributed by atoms with Gasteiger partial charge in [-0.2, -0.15) is 8.42 Å². The van der Waals surface area contributed by atoms with Crippen molar-refractivity contribution >= 4 is 39.2 Å². The zero-order valence-corrected chi connectivity index (χ0v) is 8.49. The third-order valence-corrected chi connectivity index (χ3v) is 2.40. The molecule has 2 N–H and O–H groups in total. The van der Waals surface area contributed by atoms with Crippen LogP contribution in [0, 0.1) is 0 Å². The summed E-state index contributed by atoms with van der Waals surface area (Å²) in [6.45, 7) is 0. The SMILES string of the molecule is O=S(=O)(O)Nc1ccc(Cl)c(Cl)c1. The maximum Gasteiger partial charge on any atom is 0.357 e. The number of hydrogen-bond donors (Lipinski definition) is 2. The molecule has 0 radical (unpaired) electrons. The van der Waals surface area contributed by atoms with E-state index in [9.17, 15) is 8.42 Å². The molecule has 0 bridgehead atoms. The second kappa shape index (κ2) is 3.71. The fourth-order valence-corrected chi connectivity index (χ4v) is 1.43. The van der Waals surface area contributed by atoms with Crippen LogP contribution in [0.3, 0.4) is 0 Å². The Morgan fingerprint density at radius 3 is 2.31 bits per heavy atom. The van der Waals surface area contributed by atoms with E-state index in [0.29, 0.717) is 5.02 Å². The number of nitrogens with one attached hydrogen (secondary N) is 1. The molecule has 0 atom stereocenters. The summed E-state index contributed by atoms with van der Waals surface area (Å²) in [7, 11) is -4.26. The van der Waals surface area contributed by atoms with E-state index in [2.05, 4.69) is 0 Å². The van der Waals surface area contributed by atoms with E-state index in [4.69, 9.17) is 27.8 Å².